The third-order valence-corrected chi connectivity index (χ3v) is 2.19. The van der Waals surface area contributed by atoms with Crippen molar-refractivity contribution < 1.29 is 14.6 Å². The average Bonchev–Trinajstić information content (AvgIpc) is 2.49. The Balaban J connectivity index is 2.42. The van der Waals surface area contributed by atoms with Crippen molar-refractivity contribution in [3.05, 3.63) is 17.7 Å². The normalized spacial score (nSPS) is 18.9. The van der Waals surface area contributed by atoms with Gasteiger partial charge >= 0.3 is 0 Å². The van der Waals surface area contributed by atoms with Crippen molar-refractivity contribution in [3.63, 3.8) is 0 Å². The van der Waals surface area contributed by atoms with Crippen LogP contribution in [0.4, 0.5) is 0 Å². The first kappa shape index (κ1) is 9.15. The van der Waals surface area contributed by atoms with Crippen LogP contribution in [0.1, 0.15) is 18.5 Å². The molecule has 0 aliphatic carbocycles. The second-order valence-corrected chi connectivity index (χ2v) is 3.21. The first-order valence-corrected chi connectivity index (χ1v) is 4.60. The van der Waals surface area contributed by atoms with E-state index in [1.807, 2.05) is 13.0 Å². The number of benzene rings is 1. The molecule has 0 fully saturated rings. The molecule has 0 aromatic heterocycles. The largest absolute Gasteiger partial charge is 0.504 e. The molecule has 1 aliphatic rings. The number of aromatic hydroxyl groups is 1. The third kappa shape index (κ3) is 1.37. The second-order valence-electron chi connectivity index (χ2n) is 3.21. The van der Waals surface area contributed by atoms with Crippen molar-refractivity contribution in [1.82, 2.24) is 0 Å². The number of ether oxygens (including phenoxy) is 2. The van der Waals surface area contributed by atoms with E-state index < -0.39 is 0 Å². The number of fused-ring (bicyclic) bond motifs is 1. The van der Waals surface area contributed by atoms with Crippen molar-refractivity contribution in [2.24, 2.45) is 5.73 Å². The van der Waals surface area contributed by atoms with Crippen LogP contribution < -0.4 is 15.2 Å². The molecule has 0 bridgehead atoms. The Hall–Kier alpha value is -1.42. The SMILES string of the molecule is CCOc1cc(O)c2c(c1)[C@@H](N)CO2. The molecule has 0 spiro atoms. The van der Waals surface area contributed by atoms with Crippen molar-refractivity contribution >= 4 is 0 Å². The number of hydrogen-bond acceptors (Lipinski definition) is 4. The van der Waals surface area contributed by atoms with Crippen LogP contribution in [0.2, 0.25) is 0 Å². The van der Waals surface area contributed by atoms with Gasteiger partial charge < -0.3 is 20.3 Å². The monoisotopic (exact) mass is 195 g/mol. The smallest absolute Gasteiger partial charge is 0.166 e. The minimum atomic E-state index is -0.170. The van der Waals surface area contributed by atoms with Crippen LogP contribution in [0, 0.1) is 0 Å². The van der Waals surface area contributed by atoms with Gasteiger partial charge in [-0.15, -0.1) is 0 Å². The highest BCUT2D eigenvalue weighted by Gasteiger charge is 2.24. The van der Waals surface area contributed by atoms with Crippen LogP contribution in [0.15, 0.2) is 12.1 Å². The van der Waals surface area contributed by atoms with Gasteiger partial charge in [-0.1, -0.05) is 0 Å². The number of rotatable bonds is 2. The van der Waals surface area contributed by atoms with Crippen LogP contribution in [0.5, 0.6) is 17.2 Å². The Kier molecular flexibility index (Phi) is 2.21. The molecular weight excluding hydrogens is 182 g/mol. The minimum absolute atomic E-state index is 0.0962. The molecule has 0 saturated heterocycles. The predicted octanol–water partition coefficient (Wildman–Crippen LogP) is 1.18. The molecule has 0 unspecified atom stereocenters. The number of phenolic OH excluding ortho intramolecular Hbond substituents is 1. The molecule has 1 aromatic carbocycles. The molecule has 1 aromatic rings. The van der Waals surface area contributed by atoms with E-state index >= 15 is 0 Å². The number of hydrogen-bond donors (Lipinski definition) is 2. The summed E-state index contributed by atoms with van der Waals surface area (Å²) >= 11 is 0. The van der Waals surface area contributed by atoms with Crippen LogP contribution in [0.3, 0.4) is 0 Å². The standard InChI is InChI=1S/C10H13NO3/c1-2-13-6-3-7-8(11)5-14-10(7)9(12)4-6/h3-4,8,12H,2,5,11H2,1H3/t8-/m0/s1. The zero-order valence-electron chi connectivity index (χ0n) is 7.99. The molecule has 4 nitrogen and oxygen atoms in total. The highest BCUT2D eigenvalue weighted by molar-refractivity contribution is 5.54. The Morgan fingerprint density at radius 3 is 3.14 bits per heavy atom. The lowest BCUT2D eigenvalue weighted by Gasteiger charge is -2.07. The average molecular weight is 195 g/mol. The minimum Gasteiger partial charge on any atom is -0.504 e. The van der Waals surface area contributed by atoms with E-state index in [9.17, 15) is 5.11 Å². The molecule has 1 aliphatic heterocycles. The molecule has 4 heteroatoms. The number of phenols is 1. The molecule has 0 amide bonds. The van der Waals surface area contributed by atoms with E-state index in [0.29, 0.717) is 24.7 Å². The molecular formula is C10H13NO3. The van der Waals surface area contributed by atoms with Crippen molar-refractivity contribution in [1.29, 1.82) is 0 Å². The molecule has 1 atom stereocenters. The van der Waals surface area contributed by atoms with Gasteiger partial charge in [-0.2, -0.15) is 0 Å². The molecule has 14 heavy (non-hydrogen) atoms. The zero-order valence-corrected chi connectivity index (χ0v) is 7.99. The van der Waals surface area contributed by atoms with Crippen LogP contribution in [-0.2, 0) is 0 Å². The summed E-state index contributed by atoms with van der Waals surface area (Å²) in [5.74, 6) is 1.21. The van der Waals surface area contributed by atoms with Gasteiger partial charge in [0.2, 0.25) is 0 Å². The number of nitrogens with two attached hydrogens (primary N) is 1. The molecule has 2 rings (SSSR count). The highest BCUT2D eigenvalue weighted by Crippen LogP contribution is 2.41. The third-order valence-electron chi connectivity index (χ3n) is 2.19. The molecule has 76 valence electrons. The van der Waals surface area contributed by atoms with E-state index in [2.05, 4.69) is 0 Å². The molecule has 0 radical (unpaired) electrons. The van der Waals surface area contributed by atoms with Crippen LogP contribution in [-0.4, -0.2) is 18.3 Å². The summed E-state index contributed by atoms with van der Waals surface area (Å²) in [5, 5.41) is 9.60. The lowest BCUT2D eigenvalue weighted by atomic mass is 10.1. The maximum atomic E-state index is 9.60. The summed E-state index contributed by atoms with van der Waals surface area (Å²) in [4.78, 5) is 0. The fraction of sp³-hybridized carbons (Fsp3) is 0.400. The quantitative estimate of drug-likeness (QED) is 0.743. The van der Waals surface area contributed by atoms with E-state index in [-0.39, 0.29) is 11.8 Å². The summed E-state index contributed by atoms with van der Waals surface area (Å²) in [6.07, 6.45) is 0. The Morgan fingerprint density at radius 1 is 1.64 bits per heavy atom. The second kappa shape index (κ2) is 3.38. The topological polar surface area (TPSA) is 64.7 Å². The highest BCUT2D eigenvalue weighted by atomic mass is 16.5. The van der Waals surface area contributed by atoms with Crippen molar-refractivity contribution in [3.8, 4) is 17.2 Å². The first-order chi connectivity index (χ1) is 6.72. The molecule has 1 heterocycles. The summed E-state index contributed by atoms with van der Waals surface area (Å²) in [5.41, 5.74) is 6.60. The van der Waals surface area contributed by atoms with Crippen molar-refractivity contribution in [2.45, 2.75) is 13.0 Å². The van der Waals surface area contributed by atoms with Gasteiger partial charge in [0.15, 0.2) is 11.5 Å². The Morgan fingerprint density at radius 2 is 2.43 bits per heavy atom. The van der Waals surface area contributed by atoms with Gasteiger partial charge in [-0.25, -0.2) is 0 Å². The Labute approximate surface area is 82.2 Å². The summed E-state index contributed by atoms with van der Waals surface area (Å²) < 4.78 is 10.5. The summed E-state index contributed by atoms with van der Waals surface area (Å²) in [6.45, 7) is 2.87. The van der Waals surface area contributed by atoms with E-state index in [0.717, 1.165) is 5.56 Å². The van der Waals surface area contributed by atoms with Gasteiger partial charge in [0.1, 0.15) is 12.4 Å². The van der Waals surface area contributed by atoms with Gasteiger partial charge in [-0.05, 0) is 13.0 Å². The van der Waals surface area contributed by atoms with Gasteiger partial charge in [0.25, 0.3) is 0 Å². The van der Waals surface area contributed by atoms with Crippen molar-refractivity contribution in [2.75, 3.05) is 13.2 Å². The summed E-state index contributed by atoms with van der Waals surface area (Å²) in [6, 6.07) is 3.19. The van der Waals surface area contributed by atoms with Crippen LogP contribution in [0.25, 0.3) is 0 Å². The van der Waals surface area contributed by atoms with Gasteiger partial charge in [-0.3, -0.25) is 0 Å². The van der Waals surface area contributed by atoms with E-state index in [1.54, 1.807) is 6.07 Å². The first-order valence-electron chi connectivity index (χ1n) is 4.60. The Bertz CT molecular complexity index is 351. The van der Waals surface area contributed by atoms with E-state index in [4.69, 9.17) is 15.2 Å². The lowest BCUT2D eigenvalue weighted by Crippen LogP contribution is -2.10. The van der Waals surface area contributed by atoms with E-state index in [1.165, 1.54) is 0 Å². The fourth-order valence-corrected chi connectivity index (χ4v) is 1.55. The maximum absolute atomic E-state index is 9.60. The zero-order chi connectivity index (χ0) is 10.1. The van der Waals surface area contributed by atoms with Gasteiger partial charge in [0, 0.05) is 11.6 Å². The molecule has 0 saturated carbocycles. The van der Waals surface area contributed by atoms with Gasteiger partial charge in [0.05, 0.1) is 12.6 Å². The fourth-order valence-electron chi connectivity index (χ4n) is 1.55. The maximum Gasteiger partial charge on any atom is 0.166 e. The molecule has 3 N–H and O–H groups in total. The predicted molar refractivity (Wildman–Crippen MR) is 51.7 cm³/mol. The lowest BCUT2D eigenvalue weighted by molar-refractivity contribution is 0.314. The van der Waals surface area contributed by atoms with Crippen LogP contribution >= 0.6 is 0 Å². The summed E-state index contributed by atoms with van der Waals surface area (Å²) in [7, 11) is 0.